The van der Waals surface area contributed by atoms with Crippen molar-refractivity contribution in [3.8, 4) is 0 Å². The SMILES string of the molecule is CC(C)([C@H]1CCC[C@@H](O)C1)[N+](=O)[O-]. The molecule has 1 rings (SSSR count). The molecule has 0 aromatic heterocycles. The average molecular weight is 187 g/mol. The highest BCUT2D eigenvalue weighted by Crippen LogP contribution is 2.34. The van der Waals surface area contributed by atoms with Crippen molar-refractivity contribution in [3.63, 3.8) is 0 Å². The lowest BCUT2D eigenvalue weighted by molar-refractivity contribution is -0.572. The molecule has 13 heavy (non-hydrogen) atoms. The summed E-state index contributed by atoms with van der Waals surface area (Å²) in [6, 6.07) is 0. The minimum absolute atomic E-state index is 0.0197. The Morgan fingerprint density at radius 3 is 2.54 bits per heavy atom. The van der Waals surface area contributed by atoms with Crippen LogP contribution in [0.25, 0.3) is 0 Å². The van der Waals surface area contributed by atoms with Crippen molar-refractivity contribution < 1.29 is 10.0 Å². The monoisotopic (exact) mass is 187 g/mol. The van der Waals surface area contributed by atoms with E-state index in [2.05, 4.69) is 0 Å². The van der Waals surface area contributed by atoms with Gasteiger partial charge in [0.1, 0.15) is 0 Å². The van der Waals surface area contributed by atoms with E-state index in [4.69, 9.17) is 0 Å². The molecule has 1 aliphatic rings. The number of nitro groups is 1. The summed E-state index contributed by atoms with van der Waals surface area (Å²) in [7, 11) is 0. The van der Waals surface area contributed by atoms with Crippen LogP contribution < -0.4 is 0 Å². The van der Waals surface area contributed by atoms with Crippen LogP contribution in [-0.2, 0) is 0 Å². The van der Waals surface area contributed by atoms with E-state index in [-0.39, 0.29) is 16.9 Å². The fourth-order valence-electron chi connectivity index (χ4n) is 1.95. The molecule has 0 aromatic rings. The summed E-state index contributed by atoms with van der Waals surface area (Å²) in [5.41, 5.74) is -0.887. The molecular weight excluding hydrogens is 170 g/mol. The summed E-state index contributed by atoms with van der Waals surface area (Å²) in [6.07, 6.45) is 2.81. The number of hydrogen-bond acceptors (Lipinski definition) is 3. The first-order chi connectivity index (χ1) is 5.94. The van der Waals surface area contributed by atoms with Crippen LogP contribution >= 0.6 is 0 Å². The zero-order chi connectivity index (χ0) is 10.1. The first kappa shape index (κ1) is 10.4. The van der Waals surface area contributed by atoms with Crippen molar-refractivity contribution in [1.29, 1.82) is 0 Å². The molecule has 0 bridgehead atoms. The Balaban J connectivity index is 2.64. The van der Waals surface area contributed by atoms with Gasteiger partial charge in [0.15, 0.2) is 0 Å². The molecule has 0 heterocycles. The van der Waals surface area contributed by atoms with E-state index in [1.807, 2.05) is 0 Å². The molecule has 0 aliphatic heterocycles. The second-order valence-electron chi connectivity index (χ2n) is 4.43. The lowest BCUT2D eigenvalue weighted by Crippen LogP contribution is -2.42. The van der Waals surface area contributed by atoms with E-state index in [1.165, 1.54) is 0 Å². The molecule has 76 valence electrons. The van der Waals surface area contributed by atoms with Crippen LogP contribution in [-0.4, -0.2) is 21.7 Å². The number of hydrogen-bond donors (Lipinski definition) is 1. The molecule has 1 fully saturated rings. The minimum Gasteiger partial charge on any atom is -0.393 e. The molecule has 1 aliphatic carbocycles. The first-order valence-corrected chi connectivity index (χ1v) is 4.77. The Hall–Kier alpha value is -0.640. The van der Waals surface area contributed by atoms with Crippen molar-refractivity contribution in [1.82, 2.24) is 0 Å². The number of nitrogens with zero attached hydrogens (tertiary/aromatic N) is 1. The van der Waals surface area contributed by atoms with Gasteiger partial charge in [-0.1, -0.05) is 6.42 Å². The van der Waals surface area contributed by atoms with Crippen LogP contribution in [0.5, 0.6) is 0 Å². The maximum Gasteiger partial charge on any atom is 0.219 e. The summed E-state index contributed by atoms with van der Waals surface area (Å²) in [4.78, 5) is 10.5. The summed E-state index contributed by atoms with van der Waals surface area (Å²) >= 11 is 0. The second kappa shape index (κ2) is 3.62. The van der Waals surface area contributed by atoms with Crippen LogP contribution in [0.4, 0.5) is 0 Å². The molecule has 0 unspecified atom stereocenters. The summed E-state index contributed by atoms with van der Waals surface area (Å²) in [5, 5.41) is 20.2. The third kappa shape index (κ3) is 2.18. The van der Waals surface area contributed by atoms with Crippen molar-refractivity contribution in [2.45, 2.75) is 51.2 Å². The predicted molar refractivity (Wildman–Crippen MR) is 49.0 cm³/mol. The quantitative estimate of drug-likeness (QED) is 0.527. The fraction of sp³-hybridized carbons (Fsp3) is 1.00. The van der Waals surface area contributed by atoms with Gasteiger partial charge in [-0.15, -0.1) is 0 Å². The molecule has 1 saturated carbocycles. The molecule has 0 spiro atoms. The number of aliphatic hydroxyl groups excluding tert-OH is 1. The van der Waals surface area contributed by atoms with E-state index in [0.717, 1.165) is 19.3 Å². The third-order valence-electron chi connectivity index (χ3n) is 3.12. The largest absolute Gasteiger partial charge is 0.393 e. The minimum atomic E-state index is -0.887. The number of rotatable bonds is 2. The highest BCUT2D eigenvalue weighted by atomic mass is 16.6. The Labute approximate surface area is 78.1 Å². The van der Waals surface area contributed by atoms with Gasteiger partial charge in [-0.25, -0.2) is 0 Å². The van der Waals surface area contributed by atoms with Gasteiger partial charge in [-0.05, 0) is 19.3 Å². The van der Waals surface area contributed by atoms with Gasteiger partial charge >= 0.3 is 0 Å². The molecule has 4 nitrogen and oxygen atoms in total. The highest BCUT2D eigenvalue weighted by molar-refractivity contribution is 4.83. The van der Waals surface area contributed by atoms with Crippen LogP contribution in [0, 0.1) is 16.0 Å². The zero-order valence-corrected chi connectivity index (χ0v) is 8.19. The van der Waals surface area contributed by atoms with Gasteiger partial charge in [0.2, 0.25) is 5.54 Å². The topological polar surface area (TPSA) is 63.4 Å². The lowest BCUT2D eigenvalue weighted by atomic mass is 9.76. The van der Waals surface area contributed by atoms with E-state index < -0.39 is 5.54 Å². The third-order valence-corrected chi connectivity index (χ3v) is 3.12. The summed E-state index contributed by atoms with van der Waals surface area (Å²) < 4.78 is 0. The normalized spacial score (nSPS) is 30.1. The average Bonchev–Trinajstić information content (AvgIpc) is 2.04. The molecular formula is C9H17NO3. The van der Waals surface area contributed by atoms with Gasteiger partial charge in [0.05, 0.1) is 6.10 Å². The van der Waals surface area contributed by atoms with Gasteiger partial charge in [0, 0.05) is 24.7 Å². The van der Waals surface area contributed by atoms with E-state index in [9.17, 15) is 15.2 Å². The molecule has 2 atom stereocenters. The van der Waals surface area contributed by atoms with Crippen molar-refractivity contribution in [2.75, 3.05) is 0 Å². The van der Waals surface area contributed by atoms with Crippen LogP contribution in [0.2, 0.25) is 0 Å². The number of aliphatic hydroxyl groups is 1. The van der Waals surface area contributed by atoms with Gasteiger partial charge in [-0.3, -0.25) is 10.1 Å². The molecule has 0 amide bonds. The van der Waals surface area contributed by atoms with E-state index in [1.54, 1.807) is 13.8 Å². The fourth-order valence-corrected chi connectivity index (χ4v) is 1.95. The van der Waals surface area contributed by atoms with Gasteiger partial charge in [0.25, 0.3) is 0 Å². The summed E-state index contributed by atoms with van der Waals surface area (Å²) in [6.45, 7) is 3.30. The summed E-state index contributed by atoms with van der Waals surface area (Å²) in [5.74, 6) is 0.0197. The Morgan fingerprint density at radius 2 is 2.08 bits per heavy atom. The van der Waals surface area contributed by atoms with E-state index in [0.29, 0.717) is 6.42 Å². The smallest absolute Gasteiger partial charge is 0.219 e. The van der Waals surface area contributed by atoms with Crippen LogP contribution in [0.3, 0.4) is 0 Å². The predicted octanol–water partition coefficient (Wildman–Crippen LogP) is 1.59. The lowest BCUT2D eigenvalue weighted by Gasteiger charge is -2.32. The molecule has 4 heteroatoms. The Morgan fingerprint density at radius 1 is 1.46 bits per heavy atom. The van der Waals surface area contributed by atoms with Crippen LogP contribution in [0.1, 0.15) is 39.5 Å². The van der Waals surface area contributed by atoms with Crippen LogP contribution in [0.15, 0.2) is 0 Å². The molecule has 0 radical (unpaired) electrons. The molecule has 1 N–H and O–H groups in total. The van der Waals surface area contributed by atoms with Gasteiger partial charge < -0.3 is 5.11 Å². The molecule has 0 aromatic carbocycles. The maximum atomic E-state index is 10.8. The maximum absolute atomic E-state index is 10.8. The first-order valence-electron chi connectivity index (χ1n) is 4.77. The highest BCUT2D eigenvalue weighted by Gasteiger charge is 2.42. The van der Waals surface area contributed by atoms with Crippen molar-refractivity contribution >= 4 is 0 Å². The second-order valence-corrected chi connectivity index (χ2v) is 4.43. The van der Waals surface area contributed by atoms with Crippen molar-refractivity contribution in [2.24, 2.45) is 5.92 Å². The molecule has 0 saturated heterocycles. The van der Waals surface area contributed by atoms with Crippen molar-refractivity contribution in [3.05, 3.63) is 10.1 Å². The van der Waals surface area contributed by atoms with E-state index >= 15 is 0 Å². The van der Waals surface area contributed by atoms with Gasteiger partial charge in [-0.2, -0.15) is 0 Å². The standard InChI is InChI=1S/C9H17NO3/c1-9(2,10(12)13)7-4-3-5-8(11)6-7/h7-8,11H,3-6H2,1-2H3/t7-,8+/m0/s1. The Kier molecular flexibility index (Phi) is 2.91. The Bertz CT molecular complexity index is 203. The zero-order valence-electron chi connectivity index (χ0n) is 8.19.